The van der Waals surface area contributed by atoms with Crippen molar-refractivity contribution in [3.05, 3.63) is 54.1 Å². The van der Waals surface area contributed by atoms with Gasteiger partial charge in [0.05, 0.1) is 5.69 Å². The van der Waals surface area contributed by atoms with Crippen LogP contribution in [0.5, 0.6) is 0 Å². The lowest BCUT2D eigenvalue weighted by atomic mass is 9.64. The third-order valence-corrected chi connectivity index (χ3v) is 4.89. The minimum Gasteiger partial charge on any atom is -0.320 e. The maximum Gasteiger partial charge on any atom is 0.0671 e. The summed E-state index contributed by atoms with van der Waals surface area (Å²) in [5.74, 6) is 0. The summed E-state index contributed by atoms with van der Waals surface area (Å²) < 4.78 is 0. The number of rotatable bonds is 7. The molecule has 1 unspecified atom stereocenters. The van der Waals surface area contributed by atoms with Crippen LogP contribution in [-0.4, -0.2) is 19.3 Å². The van der Waals surface area contributed by atoms with Crippen LogP contribution in [0.1, 0.15) is 46.1 Å². The van der Waals surface area contributed by atoms with Crippen molar-refractivity contribution in [3.63, 3.8) is 0 Å². The first-order chi connectivity index (χ1) is 10.9. The Hall–Kier alpha value is -1.67. The van der Waals surface area contributed by atoms with E-state index >= 15 is 0 Å². The molecule has 1 atom stereocenters. The summed E-state index contributed by atoms with van der Waals surface area (Å²) in [5, 5.41) is 3.33. The van der Waals surface area contributed by atoms with Crippen LogP contribution in [0.4, 0.5) is 5.69 Å². The van der Waals surface area contributed by atoms with Gasteiger partial charge in [0.25, 0.3) is 0 Å². The normalized spacial score (nSPS) is 20.0. The Morgan fingerprint density at radius 3 is 2.61 bits per heavy atom. The molecule has 1 N–H and O–H groups in total. The van der Waals surface area contributed by atoms with Gasteiger partial charge in [-0.1, -0.05) is 49.8 Å². The van der Waals surface area contributed by atoms with Crippen molar-refractivity contribution in [3.8, 4) is 0 Å². The van der Waals surface area contributed by atoms with Crippen molar-refractivity contribution in [1.82, 2.24) is 5.32 Å². The van der Waals surface area contributed by atoms with Crippen LogP contribution in [0.15, 0.2) is 53.6 Å². The molecule has 1 aromatic rings. The van der Waals surface area contributed by atoms with Crippen LogP contribution in [-0.2, 0) is 5.41 Å². The molecule has 1 aliphatic heterocycles. The molecule has 0 fully saturated rings. The first kappa shape index (κ1) is 17.7. The van der Waals surface area contributed by atoms with Gasteiger partial charge in [0.2, 0.25) is 0 Å². The van der Waals surface area contributed by atoms with Gasteiger partial charge in [-0.25, -0.2) is 0 Å². The molecule has 2 rings (SSSR count). The second-order valence-electron chi connectivity index (χ2n) is 7.32. The fraction of sp³-hybridized carbons (Fsp3) is 0.476. The fourth-order valence-corrected chi connectivity index (χ4v) is 3.47. The first-order valence-electron chi connectivity index (χ1n) is 8.48. The van der Waals surface area contributed by atoms with Crippen LogP contribution < -0.4 is 5.32 Å². The van der Waals surface area contributed by atoms with Crippen LogP contribution in [0.2, 0.25) is 0 Å². The van der Waals surface area contributed by atoms with Gasteiger partial charge in [0.15, 0.2) is 0 Å². The smallest absolute Gasteiger partial charge is 0.0671 e. The molecule has 0 spiro atoms. The van der Waals surface area contributed by atoms with Crippen LogP contribution in [0, 0.1) is 5.41 Å². The van der Waals surface area contributed by atoms with E-state index in [9.17, 15) is 0 Å². The highest BCUT2D eigenvalue weighted by atomic mass is 14.9. The second-order valence-corrected chi connectivity index (χ2v) is 7.32. The van der Waals surface area contributed by atoms with Crippen molar-refractivity contribution in [2.45, 2.75) is 46.0 Å². The first-order valence-corrected chi connectivity index (χ1v) is 8.48. The molecule has 0 saturated heterocycles. The molecule has 2 heteroatoms. The quantitative estimate of drug-likeness (QED) is 0.689. The molecule has 23 heavy (non-hydrogen) atoms. The average molecular weight is 310 g/mol. The van der Waals surface area contributed by atoms with E-state index in [2.05, 4.69) is 69.9 Å². The van der Waals surface area contributed by atoms with E-state index in [1.807, 2.05) is 13.1 Å². The molecule has 124 valence electrons. The lowest BCUT2D eigenvalue weighted by Crippen LogP contribution is -2.42. The SMILES string of the molecule is C=CC(C)(C)C1=Nc2ccccc2C1(CC=C(C)C)CCNC. The van der Waals surface area contributed by atoms with E-state index in [-0.39, 0.29) is 10.8 Å². The summed E-state index contributed by atoms with van der Waals surface area (Å²) in [4.78, 5) is 5.07. The van der Waals surface area contributed by atoms with Gasteiger partial charge in [-0.15, -0.1) is 6.58 Å². The molecule has 0 radical (unpaired) electrons. The molecule has 0 bridgehead atoms. The van der Waals surface area contributed by atoms with E-state index in [4.69, 9.17) is 4.99 Å². The monoisotopic (exact) mass is 310 g/mol. The number of allylic oxidation sites excluding steroid dienone is 3. The Morgan fingerprint density at radius 2 is 2.00 bits per heavy atom. The summed E-state index contributed by atoms with van der Waals surface area (Å²) in [5.41, 5.74) is 4.91. The lowest BCUT2D eigenvalue weighted by Gasteiger charge is -2.38. The topological polar surface area (TPSA) is 24.4 Å². The molecule has 1 aromatic carbocycles. The number of fused-ring (bicyclic) bond motifs is 1. The number of para-hydroxylation sites is 1. The molecule has 0 aromatic heterocycles. The van der Waals surface area contributed by atoms with Gasteiger partial charge in [0.1, 0.15) is 0 Å². The molecule has 1 heterocycles. The van der Waals surface area contributed by atoms with Gasteiger partial charge in [-0.3, -0.25) is 4.99 Å². The van der Waals surface area contributed by atoms with Gasteiger partial charge < -0.3 is 5.32 Å². The number of nitrogens with zero attached hydrogens (tertiary/aromatic N) is 1. The summed E-state index contributed by atoms with van der Waals surface area (Å²) >= 11 is 0. The second kappa shape index (κ2) is 6.84. The predicted octanol–water partition coefficient (Wildman–Crippen LogP) is 5.19. The zero-order chi connectivity index (χ0) is 17.1. The minimum absolute atomic E-state index is 0.0471. The molecule has 0 aliphatic carbocycles. The van der Waals surface area contributed by atoms with Crippen molar-refractivity contribution in [2.75, 3.05) is 13.6 Å². The standard InChI is InChI=1S/C21H30N2/c1-7-20(4,5)19-21(14-15-22-6,13-12-16(2)3)17-10-8-9-11-18(17)23-19/h7-12,22H,1,13-15H2,2-6H3. The molecule has 0 saturated carbocycles. The van der Waals surface area contributed by atoms with E-state index < -0.39 is 0 Å². The minimum atomic E-state index is -0.123. The summed E-state index contributed by atoms with van der Waals surface area (Å²) in [7, 11) is 2.02. The highest BCUT2D eigenvalue weighted by molar-refractivity contribution is 6.06. The van der Waals surface area contributed by atoms with Crippen molar-refractivity contribution < 1.29 is 0 Å². The average Bonchev–Trinajstić information content (AvgIpc) is 2.87. The zero-order valence-electron chi connectivity index (χ0n) is 15.2. The highest BCUT2D eigenvalue weighted by Crippen LogP contribution is 2.50. The maximum atomic E-state index is 5.07. The summed E-state index contributed by atoms with van der Waals surface area (Å²) in [6, 6.07) is 8.60. The maximum absolute atomic E-state index is 5.07. The number of benzene rings is 1. The number of hydrogen-bond donors (Lipinski definition) is 1. The molecular formula is C21H30N2. The Balaban J connectivity index is 2.63. The lowest BCUT2D eigenvalue weighted by molar-refractivity contribution is 0.482. The van der Waals surface area contributed by atoms with Crippen molar-refractivity contribution in [1.29, 1.82) is 0 Å². The Kier molecular flexibility index (Phi) is 5.26. The van der Waals surface area contributed by atoms with Gasteiger partial charge in [-0.05, 0) is 51.9 Å². The fourth-order valence-electron chi connectivity index (χ4n) is 3.47. The largest absolute Gasteiger partial charge is 0.320 e. The van der Waals surface area contributed by atoms with Crippen LogP contribution in [0.25, 0.3) is 0 Å². The van der Waals surface area contributed by atoms with Crippen molar-refractivity contribution >= 4 is 11.4 Å². The predicted molar refractivity (Wildman–Crippen MR) is 102 cm³/mol. The van der Waals surface area contributed by atoms with E-state index in [1.54, 1.807) is 0 Å². The molecule has 2 nitrogen and oxygen atoms in total. The van der Waals surface area contributed by atoms with Crippen LogP contribution >= 0.6 is 0 Å². The van der Waals surface area contributed by atoms with Gasteiger partial charge in [0, 0.05) is 16.5 Å². The Morgan fingerprint density at radius 1 is 1.30 bits per heavy atom. The van der Waals surface area contributed by atoms with Crippen molar-refractivity contribution in [2.24, 2.45) is 10.4 Å². The molecule has 1 aliphatic rings. The van der Waals surface area contributed by atoms with E-state index in [0.29, 0.717) is 0 Å². The molecular weight excluding hydrogens is 280 g/mol. The van der Waals surface area contributed by atoms with Gasteiger partial charge in [-0.2, -0.15) is 0 Å². The summed E-state index contributed by atoms with van der Waals surface area (Å²) in [6.45, 7) is 13.8. The third kappa shape index (κ3) is 3.32. The zero-order valence-corrected chi connectivity index (χ0v) is 15.2. The van der Waals surface area contributed by atoms with Crippen LogP contribution in [0.3, 0.4) is 0 Å². The Labute approximate surface area is 141 Å². The number of hydrogen-bond acceptors (Lipinski definition) is 2. The van der Waals surface area contributed by atoms with E-state index in [1.165, 1.54) is 16.8 Å². The highest BCUT2D eigenvalue weighted by Gasteiger charge is 2.46. The number of nitrogens with one attached hydrogen (secondary N) is 1. The van der Waals surface area contributed by atoms with Gasteiger partial charge >= 0.3 is 0 Å². The molecule has 0 amide bonds. The number of aliphatic imine (C=N–C) groups is 1. The van der Waals surface area contributed by atoms with E-state index in [0.717, 1.165) is 25.1 Å². The Bertz CT molecular complexity index is 633. The summed E-state index contributed by atoms with van der Waals surface area (Å²) in [6.07, 6.45) is 6.42. The third-order valence-electron chi connectivity index (χ3n) is 4.89.